The van der Waals surface area contributed by atoms with Gasteiger partial charge >= 0.3 is 0 Å². The summed E-state index contributed by atoms with van der Waals surface area (Å²) in [6, 6.07) is 4.18. The highest BCUT2D eigenvalue weighted by atomic mass is 19.1. The van der Waals surface area contributed by atoms with E-state index in [2.05, 4.69) is 5.32 Å². The Morgan fingerprint density at radius 2 is 1.64 bits per heavy atom. The van der Waals surface area contributed by atoms with Crippen LogP contribution in [0.15, 0.2) is 18.2 Å². The number of benzene rings is 2. The lowest BCUT2D eigenvalue weighted by Gasteiger charge is -2.52. The highest BCUT2D eigenvalue weighted by Crippen LogP contribution is 2.44. The Hall–Kier alpha value is -4.00. The Labute approximate surface area is 237 Å². The molecule has 3 amide bonds. The molecule has 2 saturated heterocycles. The smallest absolute Gasteiger partial charge is 0.289 e. The zero-order valence-electron chi connectivity index (χ0n) is 22.2. The molecule has 15 nitrogen and oxygen atoms in total. The minimum Gasteiger partial charge on any atom is -0.507 e. The van der Waals surface area contributed by atoms with Crippen LogP contribution in [0.2, 0.25) is 0 Å². The molecule has 2 aromatic carbocycles. The number of aliphatic hydroxyl groups is 4. The largest absolute Gasteiger partial charge is 0.507 e. The van der Waals surface area contributed by atoms with Gasteiger partial charge in [0.15, 0.2) is 25.2 Å². The number of aromatic hydroxyl groups is 3. The standard InChI is InChI=1S/C25H28BFN4O11/c26-25(41)23(38,21(36)29-22(37)24(25,39)40)31-10-13-11(20(31)35)2-1-3-15(13)28-8-12-16(27)19(34)18(33)14(17(12)32)9-30-4-6-42-7-5-30/h1-3,28,32-34,38-41H,4-10,26H2,(H,29,36,37). The number of nitrogens with one attached hydrogen (secondary N) is 2. The van der Waals surface area contributed by atoms with Crippen LogP contribution in [0.4, 0.5) is 10.1 Å². The number of morpholine rings is 1. The average molecular weight is 590 g/mol. The Bertz CT molecular complexity index is 1500. The zero-order valence-corrected chi connectivity index (χ0v) is 22.2. The van der Waals surface area contributed by atoms with E-state index >= 15 is 4.39 Å². The number of anilines is 1. The van der Waals surface area contributed by atoms with Crippen molar-refractivity contribution in [1.29, 1.82) is 0 Å². The fraction of sp³-hybridized carbons (Fsp3) is 0.400. The Morgan fingerprint density at radius 1 is 0.976 bits per heavy atom. The third-order valence-corrected chi connectivity index (χ3v) is 8.07. The second kappa shape index (κ2) is 10.1. The van der Waals surface area contributed by atoms with Gasteiger partial charge in [-0.2, -0.15) is 0 Å². The minimum atomic E-state index is -3.67. The van der Waals surface area contributed by atoms with Crippen molar-refractivity contribution < 1.29 is 59.3 Å². The first kappa shape index (κ1) is 29.5. The number of amides is 3. The fourth-order valence-corrected chi connectivity index (χ4v) is 5.37. The molecule has 2 atom stereocenters. The molecule has 0 bridgehead atoms. The van der Waals surface area contributed by atoms with Crippen molar-refractivity contribution in [2.75, 3.05) is 31.6 Å². The molecule has 0 spiro atoms. The van der Waals surface area contributed by atoms with E-state index in [4.69, 9.17) is 4.74 Å². The van der Waals surface area contributed by atoms with E-state index in [1.807, 2.05) is 4.90 Å². The number of carbonyl (C=O) groups excluding carboxylic acids is 3. The molecule has 0 saturated carbocycles. The number of imide groups is 1. The van der Waals surface area contributed by atoms with Gasteiger partial charge in [-0.1, -0.05) is 6.07 Å². The topological polar surface area (TPSA) is 233 Å². The molecular formula is C25H28BFN4O11. The van der Waals surface area contributed by atoms with Gasteiger partial charge in [-0.3, -0.25) is 29.5 Å². The van der Waals surface area contributed by atoms with Crippen LogP contribution < -0.4 is 10.6 Å². The number of rotatable bonds is 6. The third kappa shape index (κ3) is 4.16. The molecular weight excluding hydrogens is 562 g/mol. The highest BCUT2D eigenvalue weighted by Gasteiger charge is 2.73. The first-order valence-corrected chi connectivity index (χ1v) is 12.8. The fourth-order valence-electron chi connectivity index (χ4n) is 5.37. The first-order valence-electron chi connectivity index (χ1n) is 12.8. The zero-order chi connectivity index (χ0) is 30.8. The number of phenols is 3. The summed E-state index contributed by atoms with van der Waals surface area (Å²) in [5, 5.41) is 78.3. The Balaban J connectivity index is 1.45. The van der Waals surface area contributed by atoms with Gasteiger partial charge in [0.1, 0.15) is 11.2 Å². The molecule has 17 heteroatoms. The molecule has 42 heavy (non-hydrogen) atoms. The quantitative estimate of drug-likeness (QED) is 0.0528. The van der Waals surface area contributed by atoms with Crippen molar-refractivity contribution in [3.63, 3.8) is 0 Å². The number of hydrogen-bond donors (Lipinski definition) is 9. The molecule has 2 fully saturated rings. The van der Waals surface area contributed by atoms with Crippen LogP contribution in [0.5, 0.6) is 17.2 Å². The monoisotopic (exact) mass is 590 g/mol. The average Bonchev–Trinajstić information content (AvgIpc) is 3.30. The summed E-state index contributed by atoms with van der Waals surface area (Å²) in [7, 11) is 0.608. The number of piperidine rings is 1. The van der Waals surface area contributed by atoms with Gasteiger partial charge in [0, 0.05) is 43.0 Å². The molecule has 0 radical (unpaired) electrons. The lowest BCUT2D eigenvalue weighted by Crippen LogP contribution is -2.86. The maximum atomic E-state index is 15.0. The van der Waals surface area contributed by atoms with E-state index < -0.39 is 76.5 Å². The predicted octanol–water partition coefficient (Wildman–Crippen LogP) is -3.31. The predicted molar refractivity (Wildman–Crippen MR) is 140 cm³/mol. The molecule has 0 aromatic heterocycles. The second-order valence-corrected chi connectivity index (χ2v) is 10.5. The second-order valence-electron chi connectivity index (χ2n) is 10.5. The number of ether oxygens (including phenoxy) is 1. The lowest BCUT2D eigenvalue weighted by atomic mass is 9.63. The van der Waals surface area contributed by atoms with Crippen LogP contribution in [0.3, 0.4) is 0 Å². The van der Waals surface area contributed by atoms with Crippen LogP contribution in [0.25, 0.3) is 0 Å². The maximum Gasteiger partial charge on any atom is 0.289 e. The van der Waals surface area contributed by atoms with Crippen molar-refractivity contribution in [2.24, 2.45) is 0 Å². The van der Waals surface area contributed by atoms with E-state index in [1.165, 1.54) is 23.5 Å². The Morgan fingerprint density at radius 3 is 2.31 bits per heavy atom. The van der Waals surface area contributed by atoms with Crippen LogP contribution in [0.1, 0.15) is 27.0 Å². The molecule has 3 heterocycles. The number of carbonyl (C=O) groups is 3. The molecule has 2 aromatic rings. The van der Waals surface area contributed by atoms with E-state index in [0.29, 0.717) is 39.0 Å². The Kier molecular flexibility index (Phi) is 7.08. The summed E-state index contributed by atoms with van der Waals surface area (Å²) in [6.45, 7) is 0.732. The van der Waals surface area contributed by atoms with Crippen molar-refractivity contribution in [1.82, 2.24) is 15.1 Å². The van der Waals surface area contributed by atoms with Gasteiger partial charge in [-0.05, 0) is 12.1 Å². The maximum absolute atomic E-state index is 15.0. The van der Waals surface area contributed by atoms with Crippen molar-refractivity contribution in [3.05, 3.63) is 46.3 Å². The third-order valence-electron chi connectivity index (χ3n) is 8.07. The van der Waals surface area contributed by atoms with E-state index in [1.54, 1.807) is 0 Å². The van der Waals surface area contributed by atoms with Crippen LogP contribution in [0, 0.1) is 5.82 Å². The lowest BCUT2D eigenvalue weighted by molar-refractivity contribution is -0.302. The summed E-state index contributed by atoms with van der Waals surface area (Å²) in [6.07, 6.45) is 0. The molecule has 3 aliphatic rings. The van der Waals surface area contributed by atoms with Crippen LogP contribution in [-0.4, -0.2) is 114 Å². The number of fused-ring (bicyclic) bond motifs is 1. The SMILES string of the molecule is BC1(O)C(O)(O)C(=O)NC(=O)C1(O)N1Cc2c(NCc3c(O)c(CN4CCOCC4)c(O)c(O)c3F)cccc2C1=O. The summed E-state index contributed by atoms with van der Waals surface area (Å²) in [4.78, 5) is 40.3. The molecule has 9 N–H and O–H groups in total. The summed E-state index contributed by atoms with van der Waals surface area (Å²) >= 11 is 0. The van der Waals surface area contributed by atoms with E-state index in [0.717, 1.165) is 0 Å². The van der Waals surface area contributed by atoms with Crippen molar-refractivity contribution in [2.45, 2.75) is 36.6 Å². The summed E-state index contributed by atoms with van der Waals surface area (Å²) in [5.74, 6) is -11.7. The first-order chi connectivity index (χ1) is 19.6. The van der Waals surface area contributed by atoms with Crippen molar-refractivity contribution in [3.8, 4) is 17.2 Å². The summed E-state index contributed by atoms with van der Waals surface area (Å²) in [5.41, 5.74) is -6.90. The minimum absolute atomic E-state index is 0.00759. The van der Waals surface area contributed by atoms with Crippen molar-refractivity contribution >= 4 is 31.3 Å². The van der Waals surface area contributed by atoms with E-state index in [-0.39, 0.29) is 28.9 Å². The van der Waals surface area contributed by atoms with Gasteiger partial charge < -0.3 is 45.8 Å². The van der Waals surface area contributed by atoms with E-state index in [9.17, 15) is 50.1 Å². The van der Waals surface area contributed by atoms with Gasteiger partial charge in [0.25, 0.3) is 23.5 Å². The normalized spacial score (nSPS) is 25.8. The van der Waals surface area contributed by atoms with Crippen LogP contribution >= 0.6 is 0 Å². The van der Waals surface area contributed by atoms with Gasteiger partial charge in [0.2, 0.25) is 5.72 Å². The highest BCUT2D eigenvalue weighted by molar-refractivity contribution is 6.25. The van der Waals surface area contributed by atoms with Gasteiger partial charge in [-0.25, -0.2) is 4.39 Å². The molecule has 224 valence electrons. The molecule has 3 aliphatic heterocycles. The molecule has 0 aliphatic carbocycles. The van der Waals surface area contributed by atoms with Gasteiger partial charge in [0.05, 0.1) is 30.9 Å². The number of nitrogens with zero attached hydrogens (tertiary/aromatic N) is 2. The number of hydrogen-bond acceptors (Lipinski definition) is 13. The number of halogens is 1. The van der Waals surface area contributed by atoms with Crippen LogP contribution in [-0.2, 0) is 34.0 Å². The molecule has 5 rings (SSSR count). The molecule has 2 unspecified atom stereocenters. The summed E-state index contributed by atoms with van der Waals surface area (Å²) < 4.78 is 20.3. The number of phenolic OH excluding ortho intramolecular Hbond substituents is 3. The van der Waals surface area contributed by atoms with Gasteiger partial charge in [-0.15, -0.1) is 0 Å².